The summed E-state index contributed by atoms with van der Waals surface area (Å²) in [5.41, 5.74) is -0.251. The number of amides is 1. The molecule has 1 amide bonds. The van der Waals surface area contributed by atoms with Gasteiger partial charge in [0.25, 0.3) is 5.91 Å². The molecular weight excluding hydrogens is 356 g/mol. The number of fused-ring (bicyclic) bond motifs is 1. The fourth-order valence-electron chi connectivity index (χ4n) is 4.25. The summed E-state index contributed by atoms with van der Waals surface area (Å²) in [6.45, 7) is 5.03. The van der Waals surface area contributed by atoms with Crippen molar-refractivity contribution in [2.45, 2.75) is 23.4 Å². The molecule has 140 valence electrons. The summed E-state index contributed by atoms with van der Waals surface area (Å²) in [5, 5.41) is -0.558. The van der Waals surface area contributed by atoms with Crippen LogP contribution in [0.4, 0.5) is 0 Å². The van der Waals surface area contributed by atoms with Crippen molar-refractivity contribution in [3.05, 3.63) is 42.5 Å². The summed E-state index contributed by atoms with van der Waals surface area (Å²) >= 11 is 0. The molecule has 0 aliphatic carbocycles. The predicted octanol–water partition coefficient (Wildman–Crippen LogP) is 0.879. The Bertz CT molecular complexity index is 838. The highest BCUT2D eigenvalue weighted by Crippen LogP contribution is 2.46. The van der Waals surface area contributed by atoms with E-state index in [0.29, 0.717) is 44.0 Å². The van der Waals surface area contributed by atoms with E-state index in [-0.39, 0.29) is 12.0 Å². The molecule has 2 bridgehead atoms. The van der Waals surface area contributed by atoms with Gasteiger partial charge in [-0.3, -0.25) is 4.79 Å². The molecule has 26 heavy (non-hydrogen) atoms. The average Bonchev–Trinajstić information content (AvgIpc) is 2.98. The largest absolute Gasteiger partial charge is 0.490 e. The molecule has 4 rings (SSSR count). The van der Waals surface area contributed by atoms with Crippen LogP contribution in [0.15, 0.2) is 36.9 Å². The molecule has 0 N–H and O–H groups in total. The van der Waals surface area contributed by atoms with Crippen LogP contribution in [0.1, 0.15) is 16.8 Å². The smallest absolute Gasteiger partial charge is 0.254 e. The zero-order valence-electron chi connectivity index (χ0n) is 14.6. The summed E-state index contributed by atoms with van der Waals surface area (Å²) in [6.07, 6.45) is 1.88. The number of carbonyl (C=O) groups is 1. The number of ether oxygens (including phenoxy) is 2. The molecule has 3 atom stereocenters. The van der Waals surface area contributed by atoms with Gasteiger partial charge in [-0.2, -0.15) is 0 Å². The van der Waals surface area contributed by atoms with E-state index in [4.69, 9.17) is 9.47 Å². The molecule has 3 fully saturated rings. The summed E-state index contributed by atoms with van der Waals surface area (Å²) in [6, 6.07) is 6.96. The monoisotopic (exact) mass is 378 g/mol. The third kappa shape index (κ3) is 2.64. The van der Waals surface area contributed by atoms with Gasteiger partial charge >= 0.3 is 0 Å². The van der Waals surface area contributed by atoms with Crippen LogP contribution >= 0.6 is 0 Å². The van der Waals surface area contributed by atoms with Crippen LogP contribution in [0.25, 0.3) is 0 Å². The summed E-state index contributed by atoms with van der Waals surface area (Å²) in [5.74, 6) is 0.561. The second kappa shape index (κ2) is 6.07. The van der Waals surface area contributed by atoms with Crippen LogP contribution in [-0.2, 0) is 14.8 Å². The number of likely N-dealkylation sites (tertiary alicyclic amines) is 1. The summed E-state index contributed by atoms with van der Waals surface area (Å²) in [7, 11) is -1.78. The minimum atomic E-state index is -3.35. The number of hydrogen-bond acceptors (Lipinski definition) is 5. The number of rotatable bonds is 4. The highest BCUT2D eigenvalue weighted by molar-refractivity contribution is 7.90. The van der Waals surface area contributed by atoms with E-state index in [1.54, 1.807) is 42.3 Å². The van der Waals surface area contributed by atoms with Gasteiger partial charge in [-0.1, -0.05) is 12.7 Å². The van der Waals surface area contributed by atoms with E-state index < -0.39 is 20.9 Å². The molecule has 0 radical (unpaired) electrons. The topological polar surface area (TPSA) is 76.2 Å². The Labute approximate surface area is 153 Å². The normalized spacial score (nSPS) is 32.3. The molecule has 3 saturated heterocycles. The molecule has 3 aliphatic rings. The van der Waals surface area contributed by atoms with Crippen LogP contribution in [0, 0.1) is 0 Å². The fourth-order valence-corrected chi connectivity index (χ4v) is 6.28. The predicted molar refractivity (Wildman–Crippen MR) is 95.6 cm³/mol. The van der Waals surface area contributed by atoms with Gasteiger partial charge in [0.1, 0.15) is 23.2 Å². The van der Waals surface area contributed by atoms with Crippen molar-refractivity contribution < 1.29 is 22.7 Å². The molecule has 8 heteroatoms. The molecule has 1 aromatic carbocycles. The Morgan fingerprint density at radius 1 is 1.38 bits per heavy atom. The van der Waals surface area contributed by atoms with Gasteiger partial charge in [-0.05, 0) is 30.7 Å². The maximum Gasteiger partial charge on any atom is 0.254 e. The molecule has 7 nitrogen and oxygen atoms in total. The standard InChI is InChI=1S/C18H22N2O5S/c1-3-8-24-14-6-4-13(5-7-14)17(21)20-10-15-9-16-18(12-20,25-15)11-19(2)26(16,22)23/h3-7,15-16H,1,8-12H2,2H3/t15-,16+,18?/m1/s1. The highest BCUT2D eigenvalue weighted by atomic mass is 32.2. The minimum Gasteiger partial charge on any atom is -0.490 e. The molecule has 0 saturated carbocycles. The first-order valence-corrected chi connectivity index (χ1v) is 10.1. The van der Waals surface area contributed by atoms with Gasteiger partial charge < -0.3 is 14.4 Å². The number of hydrogen-bond donors (Lipinski definition) is 0. The Morgan fingerprint density at radius 3 is 2.81 bits per heavy atom. The SMILES string of the molecule is C=CCOc1ccc(C(=O)N2C[C@H]3C[C@H]4C(C2)(CN(C)S4(=O)=O)O3)cc1. The van der Waals surface area contributed by atoms with Gasteiger partial charge in [0.05, 0.1) is 12.6 Å². The third-order valence-electron chi connectivity index (χ3n) is 5.39. The van der Waals surface area contributed by atoms with E-state index in [9.17, 15) is 13.2 Å². The number of carbonyl (C=O) groups excluding carboxylic acids is 1. The first-order valence-electron chi connectivity index (χ1n) is 8.62. The number of nitrogens with zero attached hydrogens (tertiary/aromatic N) is 2. The van der Waals surface area contributed by atoms with Crippen LogP contribution in [0.3, 0.4) is 0 Å². The maximum atomic E-state index is 12.9. The van der Waals surface area contributed by atoms with Crippen molar-refractivity contribution in [1.82, 2.24) is 9.21 Å². The second-order valence-electron chi connectivity index (χ2n) is 7.14. The zero-order chi connectivity index (χ0) is 18.5. The number of sulfonamides is 1. The van der Waals surface area contributed by atoms with E-state index in [1.165, 1.54) is 4.31 Å². The summed E-state index contributed by atoms with van der Waals surface area (Å²) in [4.78, 5) is 14.6. The van der Waals surface area contributed by atoms with Gasteiger partial charge in [0.15, 0.2) is 0 Å². The lowest BCUT2D eigenvalue weighted by molar-refractivity contribution is -0.0966. The van der Waals surface area contributed by atoms with Crippen molar-refractivity contribution in [2.24, 2.45) is 0 Å². The van der Waals surface area contributed by atoms with Crippen LogP contribution in [-0.4, -0.2) is 73.8 Å². The Morgan fingerprint density at radius 2 is 2.12 bits per heavy atom. The van der Waals surface area contributed by atoms with Gasteiger partial charge in [-0.15, -0.1) is 0 Å². The van der Waals surface area contributed by atoms with Crippen LogP contribution in [0.2, 0.25) is 0 Å². The van der Waals surface area contributed by atoms with E-state index in [2.05, 4.69) is 6.58 Å². The van der Waals surface area contributed by atoms with Gasteiger partial charge in [-0.25, -0.2) is 12.7 Å². The number of benzene rings is 1. The van der Waals surface area contributed by atoms with Crippen molar-refractivity contribution in [3.63, 3.8) is 0 Å². The van der Waals surface area contributed by atoms with E-state index in [0.717, 1.165) is 0 Å². The average molecular weight is 378 g/mol. The first-order chi connectivity index (χ1) is 12.4. The Hall–Kier alpha value is -1.90. The zero-order valence-corrected chi connectivity index (χ0v) is 15.4. The Balaban J connectivity index is 1.53. The molecule has 1 aromatic rings. The third-order valence-corrected chi connectivity index (χ3v) is 7.73. The maximum absolute atomic E-state index is 12.9. The van der Waals surface area contributed by atoms with Crippen molar-refractivity contribution >= 4 is 15.9 Å². The highest BCUT2D eigenvalue weighted by Gasteiger charge is 2.64. The van der Waals surface area contributed by atoms with Crippen molar-refractivity contribution in [3.8, 4) is 5.75 Å². The molecule has 0 aromatic heterocycles. The quantitative estimate of drug-likeness (QED) is 0.727. The van der Waals surface area contributed by atoms with Crippen LogP contribution in [0.5, 0.6) is 5.75 Å². The van der Waals surface area contributed by atoms with E-state index >= 15 is 0 Å². The lowest BCUT2D eigenvalue weighted by atomic mass is 9.99. The fraction of sp³-hybridized carbons (Fsp3) is 0.500. The van der Waals surface area contributed by atoms with Crippen LogP contribution < -0.4 is 4.74 Å². The van der Waals surface area contributed by atoms with Crippen molar-refractivity contribution in [2.75, 3.05) is 33.3 Å². The lowest BCUT2D eigenvalue weighted by Crippen LogP contribution is -2.56. The minimum absolute atomic E-state index is 0.111. The molecular formula is C18H22N2O5S. The van der Waals surface area contributed by atoms with Gasteiger partial charge in [0, 0.05) is 25.7 Å². The molecule has 3 aliphatic heterocycles. The number of likely N-dealkylation sites (N-methyl/N-ethyl adjacent to an activating group) is 1. The lowest BCUT2D eigenvalue weighted by Gasteiger charge is -2.39. The molecule has 1 spiro atoms. The van der Waals surface area contributed by atoms with E-state index in [1.807, 2.05) is 0 Å². The molecule has 3 heterocycles. The second-order valence-corrected chi connectivity index (χ2v) is 9.36. The summed E-state index contributed by atoms with van der Waals surface area (Å²) < 4.78 is 37.8. The van der Waals surface area contributed by atoms with Crippen molar-refractivity contribution in [1.29, 1.82) is 0 Å². The first kappa shape index (κ1) is 17.5. The Kier molecular flexibility index (Phi) is 4.09. The molecule has 1 unspecified atom stereocenters. The number of morpholine rings is 1. The van der Waals surface area contributed by atoms with Gasteiger partial charge in [0.2, 0.25) is 10.0 Å².